The number of β-amino-alcohol motifs (C(OH)–C–C–N with tert-alkyl or cyclic N) is 1. The molecule has 2 aromatic rings. The first-order valence-electron chi connectivity index (χ1n) is 12.8. The number of hydrogen-bond acceptors (Lipinski definition) is 6. The average molecular weight is 506 g/mol. The smallest absolute Gasteiger partial charge is 0.410 e. The first-order valence-corrected chi connectivity index (χ1v) is 12.8. The topological polar surface area (TPSA) is 86.1 Å². The summed E-state index contributed by atoms with van der Waals surface area (Å²) in [6, 6.07) is 10.0. The van der Waals surface area contributed by atoms with Gasteiger partial charge in [0.15, 0.2) is 5.60 Å². The van der Waals surface area contributed by atoms with Gasteiger partial charge in [0.2, 0.25) is 0 Å². The van der Waals surface area contributed by atoms with Crippen LogP contribution in [0.4, 0.5) is 4.79 Å². The maximum Gasteiger partial charge on any atom is 0.410 e. The molecule has 0 radical (unpaired) electrons. The van der Waals surface area contributed by atoms with Crippen molar-refractivity contribution in [2.24, 2.45) is 5.41 Å². The molecule has 0 aliphatic carbocycles. The van der Waals surface area contributed by atoms with Crippen LogP contribution < -0.4 is 0 Å². The molecule has 37 heavy (non-hydrogen) atoms. The third kappa shape index (κ3) is 5.38. The van der Waals surface area contributed by atoms with Crippen LogP contribution in [0, 0.1) is 17.3 Å². The summed E-state index contributed by atoms with van der Waals surface area (Å²) in [6.07, 6.45) is 2.87. The van der Waals surface area contributed by atoms with E-state index >= 15 is 0 Å². The second-order valence-corrected chi connectivity index (χ2v) is 12.3. The molecule has 7 nitrogen and oxygen atoms in total. The van der Waals surface area contributed by atoms with E-state index in [2.05, 4.69) is 54.6 Å². The molecule has 2 N–H and O–H groups in total. The highest BCUT2D eigenvalue weighted by Gasteiger charge is 2.55. The van der Waals surface area contributed by atoms with Crippen molar-refractivity contribution in [3.63, 3.8) is 0 Å². The number of ether oxygens (including phenoxy) is 1. The Labute approximate surface area is 220 Å². The lowest BCUT2D eigenvalue weighted by Crippen LogP contribution is -2.63. The third-order valence-corrected chi connectivity index (χ3v) is 7.26. The summed E-state index contributed by atoms with van der Waals surface area (Å²) in [6.45, 7) is 13.5. The van der Waals surface area contributed by atoms with E-state index < -0.39 is 28.3 Å². The Morgan fingerprint density at radius 3 is 2.24 bits per heavy atom. The van der Waals surface area contributed by atoms with Crippen molar-refractivity contribution in [1.29, 1.82) is 0 Å². The molecule has 198 valence electrons. The second kappa shape index (κ2) is 9.43. The maximum atomic E-state index is 12.4. The minimum atomic E-state index is -1.31. The predicted octanol–water partition coefficient (Wildman–Crippen LogP) is 3.73. The van der Waals surface area contributed by atoms with Gasteiger partial charge in [-0.15, -0.1) is 0 Å². The van der Waals surface area contributed by atoms with Crippen molar-refractivity contribution in [3.05, 3.63) is 65.0 Å². The molecule has 1 atom stereocenters. The highest BCUT2D eigenvalue weighted by Crippen LogP contribution is 2.50. The molecule has 2 saturated heterocycles. The van der Waals surface area contributed by atoms with Crippen molar-refractivity contribution in [3.8, 4) is 11.8 Å². The standard InChI is InChI=1S/C30H39N3O4/c1-21(2)23-8-10-24(11-9-23)30(36,28(6)17-32(7)18-28)25-14-22(15-31-16-25)12-13-29(35)19-33(20-29)26(34)37-27(3,4)5/h8-11,14-16,21,35-36H,17-20H2,1-7H3/t30-/m0/s1. The quantitative estimate of drug-likeness (QED) is 0.616. The van der Waals surface area contributed by atoms with E-state index in [-0.39, 0.29) is 13.1 Å². The van der Waals surface area contributed by atoms with Gasteiger partial charge in [0.1, 0.15) is 11.2 Å². The average Bonchev–Trinajstić information content (AvgIpc) is 2.78. The number of benzene rings is 1. The minimum absolute atomic E-state index is 0.0819. The lowest BCUT2D eigenvalue weighted by molar-refractivity contribution is -0.127. The molecule has 1 aromatic heterocycles. The number of aliphatic hydroxyl groups is 2. The van der Waals surface area contributed by atoms with Crippen molar-refractivity contribution in [2.45, 2.75) is 64.3 Å². The Balaban J connectivity index is 1.60. The molecule has 7 heteroatoms. The second-order valence-electron chi connectivity index (χ2n) is 12.3. The Morgan fingerprint density at radius 1 is 1.08 bits per heavy atom. The van der Waals surface area contributed by atoms with E-state index in [1.807, 2.05) is 25.2 Å². The normalized spacial score (nSPS) is 20.2. The molecule has 3 heterocycles. The zero-order valence-electron chi connectivity index (χ0n) is 23.0. The monoisotopic (exact) mass is 505 g/mol. The van der Waals surface area contributed by atoms with Crippen LogP contribution >= 0.6 is 0 Å². The Hall–Kier alpha value is -2.92. The van der Waals surface area contributed by atoms with E-state index in [1.54, 1.807) is 33.2 Å². The first kappa shape index (κ1) is 27.1. The largest absolute Gasteiger partial charge is 0.444 e. The van der Waals surface area contributed by atoms with Crippen LogP contribution in [-0.2, 0) is 10.3 Å². The summed E-state index contributed by atoms with van der Waals surface area (Å²) in [5, 5.41) is 23.1. The number of nitrogens with zero attached hydrogens (tertiary/aromatic N) is 3. The summed E-state index contributed by atoms with van der Waals surface area (Å²) in [5.41, 5.74) is -0.272. The van der Waals surface area contributed by atoms with Crippen LogP contribution in [0.5, 0.6) is 0 Å². The van der Waals surface area contributed by atoms with E-state index in [4.69, 9.17) is 4.74 Å². The van der Waals surface area contributed by atoms with Gasteiger partial charge in [-0.2, -0.15) is 0 Å². The summed E-state index contributed by atoms with van der Waals surface area (Å²) in [5.74, 6) is 6.31. The van der Waals surface area contributed by atoms with Crippen molar-refractivity contribution >= 4 is 6.09 Å². The van der Waals surface area contributed by atoms with Gasteiger partial charge < -0.3 is 24.7 Å². The summed E-state index contributed by atoms with van der Waals surface area (Å²) < 4.78 is 5.36. The number of carbonyl (C=O) groups is 1. The summed E-state index contributed by atoms with van der Waals surface area (Å²) in [4.78, 5) is 20.2. The highest BCUT2D eigenvalue weighted by atomic mass is 16.6. The molecule has 2 fully saturated rings. The van der Waals surface area contributed by atoms with Crippen LogP contribution in [0.2, 0.25) is 0 Å². The number of likely N-dealkylation sites (tertiary alicyclic amines) is 2. The van der Waals surface area contributed by atoms with E-state index in [9.17, 15) is 15.0 Å². The van der Waals surface area contributed by atoms with Crippen LogP contribution in [0.25, 0.3) is 0 Å². The molecule has 0 unspecified atom stereocenters. The number of pyridine rings is 1. The SMILES string of the molecule is CC(C)c1ccc([C@](O)(c2cncc(C#CC3(O)CN(C(=O)OC(C)(C)C)C3)c2)C2(C)CN(C)C2)cc1. The van der Waals surface area contributed by atoms with Crippen LogP contribution in [0.1, 0.15) is 69.7 Å². The highest BCUT2D eigenvalue weighted by molar-refractivity contribution is 5.70. The zero-order chi connectivity index (χ0) is 27.2. The van der Waals surface area contributed by atoms with Gasteiger partial charge in [0, 0.05) is 42.0 Å². The molecule has 2 aliphatic rings. The molecule has 1 aromatic carbocycles. The lowest BCUT2D eigenvalue weighted by Gasteiger charge is -2.55. The van der Waals surface area contributed by atoms with Crippen molar-refractivity contribution in [1.82, 2.24) is 14.8 Å². The fraction of sp³-hybridized carbons (Fsp3) is 0.533. The van der Waals surface area contributed by atoms with Crippen LogP contribution in [-0.4, -0.2) is 75.5 Å². The van der Waals surface area contributed by atoms with Gasteiger partial charge in [0.05, 0.1) is 13.1 Å². The van der Waals surface area contributed by atoms with E-state index in [0.717, 1.165) is 18.7 Å². The number of amides is 1. The Morgan fingerprint density at radius 2 is 1.70 bits per heavy atom. The summed E-state index contributed by atoms with van der Waals surface area (Å²) in [7, 11) is 2.05. The van der Waals surface area contributed by atoms with Crippen LogP contribution in [0.3, 0.4) is 0 Å². The van der Waals surface area contributed by atoms with Gasteiger partial charge in [0.25, 0.3) is 0 Å². The molecule has 0 spiro atoms. The molecule has 0 bridgehead atoms. The van der Waals surface area contributed by atoms with E-state index in [1.165, 1.54) is 10.5 Å². The van der Waals surface area contributed by atoms with Gasteiger partial charge in [-0.3, -0.25) is 4.98 Å². The zero-order valence-corrected chi connectivity index (χ0v) is 23.0. The number of rotatable bonds is 4. The van der Waals surface area contributed by atoms with Crippen molar-refractivity contribution < 1.29 is 19.7 Å². The fourth-order valence-corrected chi connectivity index (χ4v) is 5.36. The van der Waals surface area contributed by atoms with Gasteiger partial charge in [-0.1, -0.05) is 56.9 Å². The van der Waals surface area contributed by atoms with Crippen LogP contribution in [0.15, 0.2) is 42.7 Å². The van der Waals surface area contributed by atoms with E-state index in [0.29, 0.717) is 17.0 Å². The summed E-state index contributed by atoms with van der Waals surface area (Å²) >= 11 is 0. The maximum absolute atomic E-state index is 12.4. The first-order chi connectivity index (χ1) is 17.1. The number of carbonyl (C=O) groups excluding carboxylic acids is 1. The number of hydrogen-bond donors (Lipinski definition) is 2. The molecule has 4 rings (SSSR count). The van der Waals surface area contributed by atoms with Crippen molar-refractivity contribution in [2.75, 3.05) is 33.2 Å². The molecular weight excluding hydrogens is 466 g/mol. The molecular formula is C30H39N3O4. The lowest BCUT2D eigenvalue weighted by atomic mass is 9.62. The minimum Gasteiger partial charge on any atom is -0.444 e. The fourth-order valence-electron chi connectivity index (χ4n) is 5.36. The predicted molar refractivity (Wildman–Crippen MR) is 143 cm³/mol. The molecule has 1 amide bonds. The molecule has 2 aliphatic heterocycles. The Kier molecular flexibility index (Phi) is 6.91. The van der Waals surface area contributed by atoms with Gasteiger partial charge in [-0.25, -0.2) is 4.79 Å². The number of aromatic nitrogens is 1. The Bertz CT molecular complexity index is 1210. The molecule has 0 saturated carbocycles. The third-order valence-electron chi connectivity index (χ3n) is 7.26. The van der Waals surface area contributed by atoms with Gasteiger partial charge in [-0.05, 0) is 50.9 Å². The van der Waals surface area contributed by atoms with Gasteiger partial charge >= 0.3 is 6.09 Å².